The monoisotopic (exact) mass is 1050 g/mol. The fraction of sp³-hybridized carbons (Fsp3) is 0.169. The first kappa shape index (κ1) is 47.8. The Kier molecular flexibility index (Phi) is 11.6. The molecule has 4 nitrogen and oxygen atoms in total. The van der Waals surface area contributed by atoms with Gasteiger partial charge in [0.2, 0.25) is 0 Å². The van der Waals surface area contributed by atoms with Crippen LogP contribution in [0, 0.1) is 0 Å². The quantitative estimate of drug-likeness (QED) is 0.137. The van der Waals surface area contributed by atoms with Gasteiger partial charge in [0.15, 0.2) is 11.2 Å². The van der Waals surface area contributed by atoms with Gasteiger partial charge in [-0.05, 0) is 154 Å². The van der Waals surface area contributed by atoms with Crippen LogP contribution >= 0.6 is 0 Å². The third-order valence-corrected chi connectivity index (χ3v) is 18.7. The Morgan fingerprint density at radius 2 is 0.765 bits per heavy atom. The van der Waals surface area contributed by atoms with Gasteiger partial charge in [-0.2, -0.15) is 0 Å². The lowest BCUT2D eigenvalue weighted by molar-refractivity contribution is 0.443. The number of hydrogen-bond acceptors (Lipinski definition) is 4. The first-order chi connectivity index (χ1) is 40.2. The van der Waals surface area contributed by atoms with Crippen LogP contribution < -0.4 is 9.80 Å². The molecule has 0 N–H and O–H groups in total. The number of para-hydroxylation sites is 4. The summed E-state index contributed by atoms with van der Waals surface area (Å²) in [6.45, 7) is 0. The lowest BCUT2D eigenvalue weighted by Crippen LogP contribution is -2.29. The van der Waals surface area contributed by atoms with Crippen LogP contribution in [0.15, 0.2) is 251 Å². The summed E-state index contributed by atoms with van der Waals surface area (Å²) in [6, 6.07) is 90.8. The van der Waals surface area contributed by atoms with E-state index in [4.69, 9.17) is 8.83 Å². The van der Waals surface area contributed by atoms with E-state index in [2.05, 4.69) is 252 Å². The Morgan fingerprint density at radius 3 is 1.31 bits per heavy atom. The van der Waals surface area contributed by atoms with Gasteiger partial charge in [-0.25, -0.2) is 0 Å². The minimum atomic E-state index is -0.758. The van der Waals surface area contributed by atoms with Gasteiger partial charge in [0, 0.05) is 44.0 Å². The summed E-state index contributed by atoms with van der Waals surface area (Å²) in [5.41, 5.74) is 19.4. The Hall–Kier alpha value is -9.12. The molecule has 11 aromatic carbocycles. The van der Waals surface area contributed by atoms with Crippen molar-refractivity contribution in [1.29, 1.82) is 0 Å². The topological polar surface area (TPSA) is 32.8 Å². The van der Waals surface area contributed by atoms with Crippen LogP contribution in [-0.2, 0) is 5.41 Å². The Labute approximate surface area is 473 Å². The molecule has 0 saturated heterocycles. The molecule has 81 heavy (non-hydrogen) atoms. The van der Waals surface area contributed by atoms with Crippen molar-refractivity contribution in [2.75, 3.05) is 9.80 Å². The van der Waals surface area contributed by atoms with E-state index in [0.717, 1.165) is 78.0 Å². The van der Waals surface area contributed by atoms with Crippen molar-refractivity contribution in [3.63, 3.8) is 0 Å². The minimum absolute atomic E-state index is 0.588. The maximum absolute atomic E-state index is 7.00. The molecule has 13 aromatic rings. The maximum Gasteiger partial charge on any atom is 0.159 e. The molecule has 0 spiro atoms. The Balaban J connectivity index is 0.967. The highest BCUT2D eigenvalue weighted by Crippen LogP contribution is 2.61. The smallest absolute Gasteiger partial charge is 0.159 e. The van der Waals surface area contributed by atoms with Crippen molar-refractivity contribution in [1.82, 2.24) is 0 Å². The van der Waals surface area contributed by atoms with Crippen molar-refractivity contribution in [2.45, 2.75) is 81.5 Å². The first-order valence-electron chi connectivity index (χ1n) is 29.6. The summed E-state index contributed by atoms with van der Waals surface area (Å²) >= 11 is 0. The standard InChI is InChI=1S/C77H62N2O2/c1-5-21-51(22-6-1)53-39-43-57(44-40-53)78(69-35-19-33-64-61-30-15-17-37-72(61)80-75(64)69)59-47-48-66-67(49-59)77(55-25-9-3-10-26-55,56-27-11-4-12-28-56)68-50-71(60-29-13-14-32-63(60)74(66)68)79(58-45-41-54(42-46-58)52-23-7-2-8-24-52)70-36-20-34-65-62-31-16-18-38-73(62)81-76(65)70/h3-4,9-20,25-52H,1-2,5-8,21-24H2. The fourth-order valence-corrected chi connectivity index (χ4v) is 15.0. The van der Waals surface area contributed by atoms with Crippen LogP contribution in [0.2, 0.25) is 0 Å². The average Bonchev–Trinajstić information content (AvgIpc) is 3.24. The summed E-state index contributed by atoms with van der Waals surface area (Å²) in [6.07, 6.45) is 12.9. The lowest BCUT2D eigenvalue weighted by Gasteiger charge is -2.36. The second-order valence-corrected chi connectivity index (χ2v) is 23.1. The zero-order valence-corrected chi connectivity index (χ0v) is 45.5. The molecule has 0 aliphatic heterocycles. The van der Waals surface area contributed by atoms with Crippen molar-refractivity contribution >= 4 is 88.8 Å². The maximum atomic E-state index is 7.00. The number of nitrogens with zero attached hydrogens (tertiary/aromatic N) is 2. The van der Waals surface area contributed by atoms with Gasteiger partial charge < -0.3 is 18.6 Å². The predicted molar refractivity (Wildman–Crippen MR) is 337 cm³/mol. The van der Waals surface area contributed by atoms with Gasteiger partial charge in [-0.15, -0.1) is 0 Å². The highest BCUT2D eigenvalue weighted by molar-refractivity contribution is 6.15. The minimum Gasteiger partial charge on any atom is -0.454 e. The van der Waals surface area contributed by atoms with Crippen molar-refractivity contribution in [2.24, 2.45) is 0 Å². The zero-order valence-electron chi connectivity index (χ0n) is 45.5. The molecule has 2 saturated carbocycles. The van der Waals surface area contributed by atoms with Gasteiger partial charge >= 0.3 is 0 Å². The van der Waals surface area contributed by atoms with E-state index < -0.39 is 5.41 Å². The van der Waals surface area contributed by atoms with E-state index in [-0.39, 0.29) is 0 Å². The van der Waals surface area contributed by atoms with Crippen LogP contribution in [0.5, 0.6) is 0 Å². The molecular formula is C77H62N2O2. The number of fused-ring (bicyclic) bond motifs is 11. The average molecular weight is 1050 g/mol. The Morgan fingerprint density at radius 1 is 0.321 bits per heavy atom. The number of rotatable bonds is 10. The highest BCUT2D eigenvalue weighted by Gasteiger charge is 2.48. The molecule has 392 valence electrons. The molecule has 0 radical (unpaired) electrons. The van der Waals surface area contributed by atoms with E-state index in [9.17, 15) is 0 Å². The molecule has 2 fully saturated rings. The highest BCUT2D eigenvalue weighted by atomic mass is 16.3. The van der Waals surface area contributed by atoms with Gasteiger partial charge in [-0.3, -0.25) is 0 Å². The van der Waals surface area contributed by atoms with E-state index >= 15 is 0 Å². The van der Waals surface area contributed by atoms with E-state index in [1.54, 1.807) is 0 Å². The molecule has 16 rings (SSSR count). The molecule has 2 aromatic heterocycles. The molecule has 0 amide bonds. The van der Waals surface area contributed by atoms with Gasteiger partial charge in [-0.1, -0.05) is 214 Å². The summed E-state index contributed by atoms with van der Waals surface area (Å²) in [4.78, 5) is 4.95. The summed E-state index contributed by atoms with van der Waals surface area (Å²) in [5, 5.41) is 6.82. The van der Waals surface area contributed by atoms with E-state index in [0.29, 0.717) is 11.8 Å². The molecule has 2 heterocycles. The third-order valence-electron chi connectivity index (χ3n) is 18.7. The van der Waals surface area contributed by atoms with Crippen molar-refractivity contribution < 1.29 is 8.83 Å². The number of benzene rings is 11. The van der Waals surface area contributed by atoms with Crippen LogP contribution in [0.1, 0.15) is 109 Å². The van der Waals surface area contributed by atoms with Crippen LogP contribution in [0.25, 0.3) is 65.8 Å². The van der Waals surface area contributed by atoms with Gasteiger partial charge in [0.05, 0.1) is 22.5 Å². The number of furan rings is 2. The molecular weight excluding hydrogens is 985 g/mol. The molecule has 4 heteroatoms. The normalized spacial score (nSPS) is 15.4. The molecule has 0 unspecified atom stereocenters. The Bertz CT molecular complexity index is 4440. The SMILES string of the molecule is c1ccc(C2(c3ccccc3)c3cc(N(c4ccc(C5CCCCC5)cc4)c4cccc5c4oc4ccccc45)ccc3-c3c2cc(N(c2ccc(C4CCCCC4)cc2)c2cccc4c2oc2ccccc24)c2ccccc32)cc1. The van der Waals surface area contributed by atoms with Crippen molar-refractivity contribution in [3.8, 4) is 11.1 Å². The van der Waals surface area contributed by atoms with Crippen LogP contribution in [0.4, 0.5) is 34.1 Å². The predicted octanol–water partition coefficient (Wildman–Crippen LogP) is 22.0. The molecule has 3 aliphatic carbocycles. The second-order valence-electron chi connectivity index (χ2n) is 23.1. The molecule has 3 aliphatic rings. The third kappa shape index (κ3) is 7.71. The summed E-state index contributed by atoms with van der Waals surface area (Å²) in [7, 11) is 0. The molecule has 0 bridgehead atoms. The van der Waals surface area contributed by atoms with Gasteiger partial charge in [0.25, 0.3) is 0 Å². The number of hydrogen-bond donors (Lipinski definition) is 0. The molecule has 0 atom stereocenters. The second kappa shape index (κ2) is 19.6. The van der Waals surface area contributed by atoms with E-state index in [1.807, 2.05) is 0 Å². The number of anilines is 6. The van der Waals surface area contributed by atoms with Crippen LogP contribution in [-0.4, -0.2) is 0 Å². The van der Waals surface area contributed by atoms with E-state index in [1.165, 1.54) is 119 Å². The fourth-order valence-electron chi connectivity index (χ4n) is 15.0. The first-order valence-corrected chi connectivity index (χ1v) is 29.6. The summed E-state index contributed by atoms with van der Waals surface area (Å²) in [5.74, 6) is 1.18. The zero-order chi connectivity index (χ0) is 53.4. The van der Waals surface area contributed by atoms with Gasteiger partial charge in [0.1, 0.15) is 11.2 Å². The van der Waals surface area contributed by atoms with Crippen molar-refractivity contribution in [3.05, 3.63) is 276 Å². The lowest BCUT2D eigenvalue weighted by atomic mass is 9.67. The van der Waals surface area contributed by atoms with Crippen LogP contribution in [0.3, 0.4) is 0 Å². The summed E-state index contributed by atoms with van der Waals surface area (Å²) < 4.78 is 13.9. The largest absolute Gasteiger partial charge is 0.454 e.